The van der Waals surface area contributed by atoms with Gasteiger partial charge in [-0.3, -0.25) is 0 Å². The van der Waals surface area contributed by atoms with Crippen molar-refractivity contribution in [1.82, 2.24) is 0 Å². The highest BCUT2D eigenvalue weighted by Crippen LogP contribution is 2.48. The van der Waals surface area contributed by atoms with Crippen molar-refractivity contribution in [1.29, 1.82) is 0 Å². The van der Waals surface area contributed by atoms with Gasteiger partial charge in [0.1, 0.15) is 0 Å². The predicted octanol–water partition coefficient (Wildman–Crippen LogP) is 13.7. The first-order chi connectivity index (χ1) is 23.8. The lowest BCUT2D eigenvalue weighted by Crippen LogP contribution is -2.33. The van der Waals surface area contributed by atoms with E-state index in [1.165, 1.54) is 68.1 Å². The topological polar surface area (TPSA) is 3.24 Å². The third-order valence-corrected chi connectivity index (χ3v) is 10.7. The van der Waals surface area contributed by atoms with E-state index < -0.39 is 0 Å². The Morgan fingerprint density at radius 1 is 0.388 bits per heavy atom. The summed E-state index contributed by atoms with van der Waals surface area (Å²) in [5.74, 6) is 0. The van der Waals surface area contributed by atoms with Crippen molar-refractivity contribution in [2.24, 2.45) is 0 Å². The van der Waals surface area contributed by atoms with Crippen LogP contribution >= 0.6 is 0 Å². The molecule has 0 saturated heterocycles. The van der Waals surface area contributed by atoms with Gasteiger partial charge in [0, 0.05) is 16.8 Å². The number of anilines is 3. The van der Waals surface area contributed by atoms with Gasteiger partial charge in [-0.2, -0.15) is 0 Å². The van der Waals surface area contributed by atoms with E-state index in [1.807, 2.05) is 0 Å². The monoisotopic (exact) mass is 633 g/mol. The largest absolute Gasteiger partial charge is 0.309 e. The Balaban J connectivity index is 1.30. The molecule has 1 aliphatic carbocycles. The quantitative estimate of drug-likeness (QED) is 0.176. The lowest BCUT2D eigenvalue weighted by Gasteiger charge is -2.42. The van der Waals surface area contributed by atoms with Crippen LogP contribution in [0, 0.1) is 0 Å². The lowest BCUT2D eigenvalue weighted by atomic mass is 9.63. The molecule has 240 valence electrons. The SMILES string of the molecule is CC1(C)CCC(C)(C)c2cc3cc(-c4cccc(N(c5ccccc5-c5ccccc5)c5ccccc5-c5ccccc5)c4)ccc3cc21. The zero-order valence-electron chi connectivity index (χ0n) is 28.9. The maximum atomic E-state index is 2.48. The highest BCUT2D eigenvalue weighted by atomic mass is 15.1. The average molecular weight is 634 g/mol. The molecule has 0 aromatic heterocycles. The molecule has 1 aliphatic rings. The number of nitrogens with zero attached hydrogens (tertiary/aromatic N) is 1. The molecule has 7 aromatic carbocycles. The highest BCUT2D eigenvalue weighted by Gasteiger charge is 2.37. The van der Waals surface area contributed by atoms with Gasteiger partial charge >= 0.3 is 0 Å². The smallest absolute Gasteiger partial charge is 0.0540 e. The summed E-state index contributed by atoms with van der Waals surface area (Å²) >= 11 is 0. The molecule has 0 atom stereocenters. The lowest BCUT2D eigenvalue weighted by molar-refractivity contribution is 0.332. The van der Waals surface area contributed by atoms with E-state index in [1.54, 1.807) is 0 Å². The minimum atomic E-state index is 0.174. The van der Waals surface area contributed by atoms with Crippen molar-refractivity contribution < 1.29 is 0 Å². The van der Waals surface area contributed by atoms with Crippen LogP contribution in [-0.4, -0.2) is 0 Å². The van der Waals surface area contributed by atoms with Crippen LogP contribution in [0.4, 0.5) is 17.1 Å². The molecule has 49 heavy (non-hydrogen) atoms. The van der Waals surface area contributed by atoms with Crippen LogP contribution in [0.25, 0.3) is 44.2 Å². The average Bonchev–Trinajstić information content (AvgIpc) is 3.14. The molecule has 0 radical (unpaired) electrons. The molecule has 0 spiro atoms. The Morgan fingerprint density at radius 2 is 0.857 bits per heavy atom. The van der Waals surface area contributed by atoms with Crippen molar-refractivity contribution in [3.8, 4) is 33.4 Å². The van der Waals surface area contributed by atoms with Gasteiger partial charge in [0.25, 0.3) is 0 Å². The van der Waals surface area contributed by atoms with Gasteiger partial charge in [-0.05, 0) is 98.2 Å². The Bertz CT molecular complexity index is 2190. The number of hydrogen-bond donors (Lipinski definition) is 0. The Morgan fingerprint density at radius 3 is 1.43 bits per heavy atom. The van der Waals surface area contributed by atoms with E-state index in [0.717, 1.165) is 17.1 Å². The summed E-state index contributed by atoms with van der Waals surface area (Å²) in [6.45, 7) is 9.64. The van der Waals surface area contributed by atoms with E-state index in [0.29, 0.717) is 0 Å². The van der Waals surface area contributed by atoms with E-state index in [4.69, 9.17) is 0 Å². The van der Waals surface area contributed by atoms with Crippen molar-refractivity contribution in [2.75, 3.05) is 4.90 Å². The molecular formula is C48H43N. The molecule has 0 fully saturated rings. The second kappa shape index (κ2) is 12.2. The van der Waals surface area contributed by atoms with E-state index >= 15 is 0 Å². The second-order valence-electron chi connectivity index (χ2n) is 14.9. The summed E-state index contributed by atoms with van der Waals surface area (Å²) in [5, 5.41) is 2.63. The first-order valence-corrected chi connectivity index (χ1v) is 17.6. The first kappa shape index (κ1) is 30.9. The van der Waals surface area contributed by atoms with E-state index in [2.05, 4.69) is 196 Å². The number of benzene rings is 7. The van der Waals surface area contributed by atoms with E-state index in [9.17, 15) is 0 Å². The summed E-state index contributed by atoms with van der Waals surface area (Å²) in [5.41, 5.74) is 14.0. The van der Waals surface area contributed by atoms with Gasteiger partial charge in [-0.1, -0.05) is 161 Å². The Hall–Kier alpha value is -5.40. The minimum absolute atomic E-state index is 0.174. The number of rotatable bonds is 6. The molecule has 7 aromatic rings. The van der Waals surface area contributed by atoms with Gasteiger partial charge in [-0.15, -0.1) is 0 Å². The molecule has 8 rings (SSSR count). The third kappa shape index (κ3) is 5.74. The molecule has 0 unspecified atom stereocenters. The number of para-hydroxylation sites is 2. The second-order valence-corrected chi connectivity index (χ2v) is 14.9. The predicted molar refractivity (Wildman–Crippen MR) is 210 cm³/mol. The molecular weight excluding hydrogens is 591 g/mol. The first-order valence-electron chi connectivity index (χ1n) is 17.6. The number of fused-ring (bicyclic) bond motifs is 2. The maximum absolute atomic E-state index is 2.48. The highest BCUT2D eigenvalue weighted by molar-refractivity contribution is 5.95. The van der Waals surface area contributed by atoms with Crippen LogP contribution in [-0.2, 0) is 10.8 Å². The molecule has 1 heteroatoms. The molecule has 0 aliphatic heterocycles. The summed E-state index contributed by atoms with van der Waals surface area (Å²) in [4.78, 5) is 2.44. The fourth-order valence-electron chi connectivity index (χ4n) is 7.78. The molecule has 0 saturated carbocycles. The molecule has 0 bridgehead atoms. The van der Waals surface area contributed by atoms with Crippen LogP contribution in [0.1, 0.15) is 51.7 Å². The summed E-state index contributed by atoms with van der Waals surface area (Å²) in [7, 11) is 0. The van der Waals surface area contributed by atoms with Gasteiger partial charge < -0.3 is 4.90 Å². The molecule has 0 N–H and O–H groups in total. The van der Waals surface area contributed by atoms with Gasteiger partial charge in [-0.25, -0.2) is 0 Å². The van der Waals surface area contributed by atoms with Crippen LogP contribution in [0.15, 0.2) is 164 Å². The maximum Gasteiger partial charge on any atom is 0.0540 e. The van der Waals surface area contributed by atoms with Crippen LogP contribution in [0.2, 0.25) is 0 Å². The van der Waals surface area contributed by atoms with Gasteiger partial charge in [0.05, 0.1) is 11.4 Å². The summed E-state index contributed by atoms with van der Waals surface area (Å²) < 4.78 is 0. The van der Waals surface area contributed by atoms with Crippen molar-refractivity contribution in [2.45, 2.75) is 51.4 Å². The zero-order chi connectivity index (χ0) is 33.6. The molecule has 0 heterocycles. The summed E-state index contributed by atoms with van der Waals surface area (Å²) in [6.07, 6.45) is 2.44. The van der Waals surface area contributed by atoms with Crippen molar-refractivity contribution >= 4 is 27.8 Å². The fourth-order valence-corrected chi connectivity index (χ4v) is 7.78. The zero-order valence-corrected chi connectivity index (χ0v) is 28.9. The van der Waals surface area contributed by atoms with Crippen LogP contribution < -0.4 is 4.90 Å². The fraction of sp³-hybridized carbons (Fsp3) is 0.167. The molecule has 0 amide bonds. The standard InChI is InChI=1S/C48H43N/c1-47(2)28-29-48(3,4)44-33-39-30-37(26-27-38(39)32-43(44)47)36-20-15-21-40(31-36)49(45-24-13-11-22-41(45)34-16-7-5-8-17-34)46-25-14-12-23-42(46)35-18-9-6-10-19-35/h5-27,30-33H,28-29H2,1-4H3. The van der Waals surface area contributed by atoms with Crippen molar-refractivity contribution in [3.63, 3.8) is 0 Å². The number of hydrogen-bond acceptors (Lipinski definition) is 1. The van der Waals surface area contributed by atoms with Gasteiger partial charge in [0.2, 0.25) is 0 Å². The third-order valence-electron chi connectivity index (χ3n) is 10.7. The summed E-state index contributed by atoms with van der Waals surface area (Å²) in [6, 6.07) is 60.0. The van der Waals surface area contributed by atoms with Crippen molar-refractivity contribution in [3.05, 3.63) is 175 Å². The Kier molecular flexibility index (Phi) is 7.72. The molecule has 1 nitrogen and oxygen atoms in total. The van der Waals surface area contributed by atoms with Crippen LogP contribution in [0.3, 0.4) is 0 Å². The Labute approximate surface area is 291 Å². The van der Waals surface area contributed by atoms with E-state index in [-0.39, 0.29) is 10.8 Å². The van der Waals surface area contributed by atoms with Crippen LogP contribution in [0.5, 0.6) is 0 Å². The minimum Gasteiger partial charge on any atom is -0.309 e. The van der Waals surface area contributed by atoms with Gasteiger partial charge in [0.15, 0.2) is 0 Å². The normalized spacial score (nSPS) is 14.7.